The van der Waals surface area contributed by atoms with Crippen LogP contribution in [0.3, 0.4) is 0 Å². The number of rotatable bonds is 5. The van der Waals surface area contributed by atoms with E-state index in [0.29, 0.717) is 19.6 Å². The minimum Gasteiger partial charge on any atom is -0.472 e. The normalized spacial score (nSPS) is 10.1. The van der Waals surface area contributed by atoms with Gasteiger partial charge < -0.3 is 10.5 Å². The predicted molar refractivity (Wildman–Crippen MR) is 49.0 cm³/mol. The van der Waals surface area contributed by atoms with Crippen LogP contribution in [0.4, 0.5) is 5.69 Å². The van der Waals surface area contributed by atoms with E-state index < -0.39 is 4.92 Å². The molecule has 1 aromatic heterocycles. The molecule has 1 aromatic rings. The van der Waals surface area contributed by atoms with Gasteiger partial charge in [0.15, 0.2) is 0 Å². The van der Waals surface area contributed by atoms with Gasteiger partial charge in [0, 0.05) is 7.05 Å². The number of nitro groups is 1. The van der Waals surface area contributed by atoms with Crippen molar-refractivity contribution in [3.8, 4) is 5.88 Å². The fraction of sp³-hybridized carbons (Fsp3) is 0.571. The SMILES string of the molecule is Cn1cc([N+](=O)[O-])c(OCCCN)n1. The average molecular weight is 200 g/mol. The molecule has 78 valence electrons. The Labute approximate surface area is 80.6 Å². The molecule has 1 rings (SSSR count). The second-order valence-corrected chi connectivity index (χ2v) is 2.74. The van der Waals surface area contributed by atoms with Crippen molar-refractivity contribution < 1.29 is 9.66 Å². The molecule has 14 heavy (non-hydrogen) atoms. The summed E-state index contributed by atoms with van der Waals surface area (Å²) in [6, 6.07) is 0. The lowest BCUT2D eigenvalue weighted by Crippen LogP contribution is -2.07. The standard InChI is InChI=1S/C7H12N4O3/c1-10-5-6(11(12)13)7(9-10)14-4-2-3-8/h5H,2-4,8H2,1H3. The Kier molecular flexibility index (Phi) is 3.41. The number of nitrogens with zero attached hydrogens (tertiary/aromatic N) is 3. The Morgan fingerprint density at radius 1 is 1.79 bits per heavy atom. The van der Waals surface area contributed by atoms with Gasteiger partial charge >= 0.3 is 11.6 Å². The number of hydrogen-bond donors (Lipinski definition) is 1. The summed E-state index contributed by atoms with van der Waals surface area (Å²) in [6.45, 7) is 0.828. The van der Waals surface area contributed by atoms with E-state index in [2.05, 4.69) is 5.10 Å². The summed E-state index contributed by atoms with van der Waals surface area (Å²) < 4.78 is 6.45. The Balaban J connectivity index is 2.69. The third kappa shape index (κ3) is 2.43. The lowest BCUT2D eigenvalue weighted by Gasteiger charge is -1.99. The molecule has 0 aliphatic carbocycles. The molecule has 0 aliphatic heterocycles. The van der Waals surface area contributed by atoms with Crippen molar-refractivity contribution in [2.45, 2.75) is 6.42 Å². The van der Waals surface area contributed by atoms with Crippen molar-refractivity contribution in [2.75, 3.05) is 13.2 Å². The van der Waals surface area contributed by atoms with Crippen LogP contribution in [-0.4, -0.2) is 27.9 Å². The molecule has 2 N–H and O–H groups in total. The van der Waals surface area contributed by atoms with Crippen molar-refractivity contribution in [3.63, 3.8) is 0 Å². The molecule has 0 atom stereocenters. The molecule has 0 amide bonds. The minimum absolute atomic E-state index is 0.0472. The summed E-state index contributed by atoms with van der Waals surface area (Å²) in [4.78, 5) is 9.99. The summed E-state index contributed by atoms with van der Waals surface area (Å²) in [7, 11) is 1.60. The van der Waals surface area contributed by atoms with E-state index in [1.807, 2.05) is 0 Å². The highest BCUT2D eigenvalue weighted by Gasteiger charge is 2.19. The van der Waals surface area contributed by atoms with Crippen molar-refractivity contribution >= 4 is 5.69 Å². The van der Waals surface area contributed by atoms with Crippen LogP contribution in [0.15, 0.2) is 6.20 Å². The Morgan fingerprint density at radius 3 is 3.07 bits per heavy atom. The smallest absolute Gasteiger partial charge is 0.350 e. The number of aryl methyl sites for hydroxylation is 1. The molecule has 7 nitrogen and oxygen atoms in total. The highest BCUT2D eigenvalue weighted by molar-refractivity contribution is 5.38. The maximum Gasteiger partial charge on any atom is 0.350 e. The van der Waals surface area contributed by atoms with Crippen LogP contribution in [0.5, 0.6) is 5.88 Å². The molecule has 0 saturated carbocycles. The Morgan fingerprint density at radius 2 is 2.50 bits per heavy atom. The van der Waals surface area contributed by atoms with Gasteiger partial charge in [-0.25, -0.2) is 0 Å². The molecule has 0 unspecified atom stereocenters. The van der Waals surface area contributed by atoms with E-state index in [-0.39, 0.29) is 11.6 Å². The van der Waals surface area contributed by atoms with Gasteiger partial charge in [-0.3, -0.25) is 14.8 Å². The molecule has 0 aromatic carbocycles. The first-order valence-corrected chi connectivity index (χ1v) is 4.16. The van der Waals surface area contributed by atoms with Gasteiger partial charge in [-0.15, -0.1) is 5.10 Å². The fourth-order valence-electron chi connectivity index (χ4n) is 0.936. The summed E-state index contributed by atoms with van der Waals surface area (Å²) >= 11 is 0. The van der Waals surface area contributed by atoms with Gasteiger partial charge in [0.05, 0.1) is 11.5 Å². The second kappa shape index (κ2) is 4.56. The van der Waals surface area contributed by atoms with Crippen LogP contribution in [0, 0.1) is 10.1 Å². The summed E-state index contributed by atoms with van der Waals surface area (Å²) in [6.07, 6.45) is 1.95. The summed E-state index contributed by atoms with van der Waals surface area (Å²) in [5.41, 5.74) is 5.14. The number of aromatic nitrogens is 2. The van der Waals surface area contributed by atoms with Crippen LogP contribution >= 0.6 is 0 Å². The van der Waals surface area contributed by atoms with Crippen LogP contribution in [-0.2, 0) is 7.05 Å². The zero-order valence-corrected chi connectivity index (χ0v) is 7.84. The number of hydrogen-bond acceptors (Lipinski definition) is 5. The number of nitrogens with two attached hydrogens (primary N) is 1. The highest BCUT2D eigenvalue weighted by atomic mass is 16.6. The van der Waals surface area contributed by atoms with Gasteiger partial charge in [-0.1, -0.05) is 0 Å². The van der Waals surface area contributed by atoms with E-state index in [9.17, 15) is 10.1 Å². The number of ether oxygens (including phenoxy) is 1. The average Bonchev–Trinajstić information content (AvgIpc) is 2.47. The predicted octanol–water partition coefficient (Wildman–Crippen LogP) is 0.0559. The zero-order valence-electron chi connectivity index (χ0n) is 7.84. The fourth-order valence-corrected chi connectivity index (χ4v) is 0.936. The molecule has 0 saturated heterocycles. The lowest BCUT2D eigenvalue weighted by molar-refractivity contribution is -0.386. The van der Waals surface area contributed by atoms with Crippen molar-refractivity contribution in [2.24, 2.45) is 12.8 Å². The molecule has 0 aliphatic rings. The molecule has 0 bridgehead atoms. The molecule has 7 heteroatoms. The second-order valence-electron chi connectivity index (χ2n) is 2.74. The first-order chi connectivity index (χ1) is 6.65. The summed E-state index contributed by atoms with van der Waals surface area (Å²) in [5, 5.41) is 14.3. The van der Waals surface area contributed by atoms with E-state index in [1.54, 1.807) is 7.05 Å². The molecule has 1 heterocycles. The molecular formula is C7H12N4O3. The van der Waals surface area contributed by atoms with Crippen LogP contribution < -0.4 is 10.5 Å². The quantitative estimate of drug-likeness (QED) is 0.411. The molecular weight excluding hydrogens is 188 g/mol. The van der Waals surface area contributed by atoms with Crippen LogP contribution in [0.1, 0.15) is 6.42 Å². The minimum atomic E-state index is -0.523. The van der Waals surface area contributed by atoms with Crippen molar-refractivity contribution in [1.29, 1.82) is 0 Å². The van der Waals surface area contributed by atoms with E-state index >= 15 is 0 Å². The molecule has 0 fully saturated rings. The monoisotopic (exact) mass is 200 g/mol. The first-order valence-electron chi connectivity index (χ1n) is 4.16. The molecule has 0 radical (unpaired) electrons. The van der Waals surface area contributed by atoms with Gasteiger partial charge in [-0.2, -0.15) is 0 Å². The largest absolute Gasteiger partial charge is 0.472 e. The Hall–Kier alpha value is -1.63. The third-order valence-electron chi connectivity index (χ3n) is 1.56. The topological polar surface area (TPSA) is 96.2 Å². The van der Waals surface area contributed by atoms with Gasteiger partial charge in [0.1, 0.15) is 6.20 Å². The maximum atomic E-state index is 10.5. The third-order valence-corrected chi connectivity index (χ3v) is 1.56. The van der Waals surface area contributed by atoms with Gasteiger partial charge in [0.2, 0.25) is 0 Å². The highest BCUT2D eigenvalue weighted by Crippen LogP contribution is 2.23. The van der Waals surface area contributed by atoms with Crippen LogP contribution in [0.2, 0.25) is 0 Å². The lowest BCUT2D eigenvalue weighted by atomic mass is 10.5. The first kappa shape index (κ1) is 10.5. The molecule has 0 spiro atoms. The maximum absolute atomic E-state index is 10.5. The van der Waals surface area contributed by atoms with E-state index in [0.717, 1.165) is 0 Å². The summed E-state index contributed by atoms with van der Waals surface area (Å²) in [5.74, 6) is 0.0472. The van der Waals surface area contributed by atoms with Gasteiger partial charge in [-0.05, 0) is 13.0 Å². The Bertz CT molecular complexity index is 323. The van der Waals surface area contributed by atoms with Crippen LogP contribution in [0.25, 0.3) is 0 Å². The van der Waals surface area contributed by atoms with Crippen molar-refractivity contribution in [1.82, 2.24) is 9.78 Å². The van der Waals surface area contributed by atoms with E-state index in [4.69, 9.17) is 10.5 Å². The van der Waals surface area contributed by atoms with Crippen molar-refractivity contribution in [3.05, 3.63) is 16.3 Å². The van der Waals surface area contributed by atoms with E-state index in [1.165, 1.54) is 10.9 Å². The van der Waals surface area contributed by atoms with Gasteiger partial charge in [0.25, 0.3) is 0 Å². The zero-order chi connectivity index (χ0) is 10.6.